The topological polar surface area (TPSA) is 60.5 Å². The Kier molecular flexibility index (Phi) is 5.01. The monoisotopic (exact) mass is 327 g/mol. The molecule has 0 aliphatic heterocycles. The van der Waals surface area contributed by atoms with Crippen LogP contribution in [0.5, 0.6) is 0 Å². The molecule has 0 saturated carbocycles. The molecule has 0 N–H and O–H groups in total. The number of aromatic nitrogens is 2. The first kappa shape index (κ1) is 15.2. The van der Waals surface area contributed by atoms with Crippen molar-refractivity contribution in [2.45, 2.75) is 6.42 Å². The predicted octanol–water partition coefficient (Wildman–Crippen LogP) is 3.98. The molecule has 0 fully saturated rings. The van der Waals surface area contributed by atoms with Gasteiger partial charge >= 0.3 is 0 Å². The summed E-state index contributed by atoms with van der Waals surface area (Å²) >= 11 is 5.81. The summed E-state index contributed by atoms with van der Waals surface area (Å²) in [5, 5.41) is 12.6. The van der Waals surface area contributed by atoms with E-state index in [0.717, 1.165) is 11.1 Å². The van der Waals surface area contributed by atoms with Gasteiger partial charge in [-0.25, -0.2) is 0 Å². The molecule has 3 rings (SSSR count). The maximum absolute atomic E-state index is 5.81. The van der Waals surface area contributed by atoms with Gasteiger partial charge in [0.1, 0.15) is 6.61 Å². The van der Waals surface area contributed by atoms with E-state index in [1.165, 1.54) is 0 Å². The van der Waals surface area contributed by atoms with Crippen molar-refractivity contribution in [3.05, 3.63) is 71.1 Å². The van der Waals surface area contributed by atoms with Gasteiger partial charge in [-0.2, -0.15) is 0 Å². The van der Waals surface area contributed by atoms with Crippen LogP contribution in [0.3, 0.4) is 0 Å². The van der Waals surface area contributed by atoms with Gasteiger partial charge in [-0.05, 0) is 29.8 Å². The summed E-state index contributed by atoms with van der Waals surface area (Å²) in [6.07, 6.45) is 2.12. The molecule has 3 aromatic rings. The fourth-order valence-electron chi connectivity index (χ4n) is 1.88. The molecule has 0 saturated heterocycles. The Morgan fingerprint density at radius 1 is 1.04 bits per heavy atom. The average Bonchev–Trinajstić information content (AvgIpc) is 3.06. The summed E-state index contributed by atoms with van der Waals surface area (Å²) in [4.78, 5) is 5.20. The second-order valence-electron chi connectivity index (χ2n) is 4.74. The molecule has 5 nitrogen and oxygen atoms in total. The van der Waals surface area contributed by atoms with Crippen LogP contribution in [0.1, 0.15) is 11.5 Å². The zero-order valence-electron chi connectivity index (χ0n) is 12.2. The maximum atomic E-state index is 5.81. The molecule has 23 heavy (non-hydrogen) atoms. The van der Waals surface area contributed by atoms with Crippen LogP contribution >= 0.6 is 11.6 Å². The zero-order chi connectivity index (χ0) is 15.9. The SMILES string of the molecule is Clc1ccc(/C=N\OCCc2nnc(-c3ccccc3)o2)cc1. The highest BCUT2D eigenvalue weighted by Crippen LogP contribution is 2.17. The van der Waals surface area contributed by atoms with E-state index in [4.69, 9.17) is 20.9 Å². The maximum Gasteiger partial charge on any atom is 0.247 e. The average molecular weight is 328 g/mol. The number of hydrogen-bond donors (Lipinski definition) is 0. The molecule has 6 heteroatoms. The van der Waals surface area contributed by atoms with Gasteiger partial charge in [0.15, 0.2) is 0 Å². The van der Waals surface area contributed by atoms with Gasteiger partial charge in [0.2, 0.25) is 11.8 Å². The minimum Gasteiger partial charge on any atom is -0.421 e. The molecule has 0 unspecified atom stereocenters. The molecule has 0 radical (unpaired) electrons. The second kappa shape index (κ2) is 7.56. The lowest BCUT2D eigenvalue weighted by atomic mass is 10.2. The quantitative estimate of drug-likeness (QED) is 0.390. The lowest BCUT2D eigenvalue weighted by molar-refractivity contribution is 0.144. The van der Waals surface area contributed by atoms with Crippen molar-refractivity contribution in [2.75, 3.05) is 6.61 Å². The van der Waals surface area contributed by atoms with Crippen LogP contribution in [0.2, 0.25) is 5.02 Å². The Morgan fingerprint density at radius 2 is 1.83 bits per heavy atom. The standard InChI is InChI=1S/C17H14ClN3O2/c18-15-8-6-13(7-9-15)12-19-22-11-10-16-20-21-17(23-16)14-4-2-1-3-5-14/h1-9,12H,10-11H2/b19-12-. The number of hydrogen-bond acceptors (Lipinski definition) is 5. The molecule has 0 atom stereocenters. The van der Waals surface area contributed by atoms with Crippen LogP contribution in [-0.4, -0.2) is 23.0 Å². The summed E-state index contributed by atoms with van der Waals surface area (Å²) in [6.45, 7) is 0.362. The van der Waals surface area contributed by atoms with E-state index < -0.39 is 0 Å². The molecule has 116 valence electrons. The van der Waals surface area contributed by atoms with E-state index in [1.54, 1.807) is 18.3 Å². The minimum atomic E-state index is 0.362. The zero-order valence-corrected chi connectivity index (χ0v) is 13.0. The van der Waals surface area contributed by atoms with Crippen molar-refractivity contribution in [3.8, 4) is 11.5 Å². The molecule has 0 aliphatic carbocycles. The number of oxime groups is 1. The first-order chi connectivity index (χ1) is 11.3. The van der Waals surface area contributed by atoms with Crippen molar-refractivity contribution in [3.63, 3.8) is 0 Å². The molecule has 0 amide bonds. The fourth-order valence-corrected chi connectivity index (χ4v) is 2.01. The lowest BCUT2D eigenvalue weighted by Gasteiger charge is -1.96. The van der Waals surface area contributed by atoms with Crippen molar-refractivity contribution in [1.29, 1.82) is 0 Å². The predicted molar refractivity (Wildman–Crippen MR) is 88.4 cm³/mol. The Labute approximate surface area is 138 Å². The van der Waals surface area contributed by atoms with Gasteiger partial charge in [0, 0.05) is 10.6 Å². The van der Waals surface area contributed by atoms with Crippen LogP contribution in [0.4, 0.5) is 0 Å². The molecule has 0 spiro atoms. The van der Waals surface area contributed by atoms with E-state index in [0.29, 0.717) is 29.8 Å². The summed E-state index contributed by atoms with van der Waals surface area (Å²) in [5.74, 6) is 1.02. The Hall–Kier alpha value is -2.66. The molecule has 0 bridgehead atoms. The Bertz CT molecular complexity index is 770. The van der Waals surface area contributed by atoms with Crippen LogP contribution in [0, 0.1) is 0 Å². The molecule has 1 heterocycles. The molecular formula is C17H14ClN3O2. The highest BCUT2D eigenvalue weighted by Gasteiger charge is 2.07. The van der Waals surface area contributed by atoms with Crippen LogP contribution in [0.25, 0.3) is 11.5 Å². The molecule has 1 aromatic heterocycles. The molecule has 2 aromatic carbocycles. The van der Waals surface area contributed by atoms with Crippen molar-refractivity contribution in [2.24, 2.45) is 5.16 Å². The van der Waals surface area contributed by atoms with Crippen molar-refractivity contribution < 1.29 is 9.25 Å². The van der Waals surface area contributed by atoms with Gasteiger partial charge in [-0.3, -0.25) is 0 Å². The normalized spacial score (nSPS) is 11.0. The van der Waals surface area contributed by atoms with Gasteiger partial charge in [-0.15, -0.1) is 10.2 Å². The van der Waals surface area contributed by atoms with Gasteiger partial charge in [0.25, 0.3) is 0 Å². The first-order valence-corrected chi connectivity index (χ1v) is 7.48. The third kappa shape index (κ3) is 4.40. The number of halogens is 1. The van der Waals surface area contributed by atoms with E-state index in [2.05, 4.69) is 15.4 Å². The van der Waals surface area contributed by atoms with E-state index in [1.807, 2.05) is 42.5 Å². The third-order valence-corrected chi connectivity index (χ3v) is 3.29. The van der Waals surface area contributed by atoms with Crippen molar-refractivity contribution in [1.82, 2.24) is 10.2 Å². The smallest absolute Gasteiger partial charge is 0.247 e. The highest BCUT2D eigenvalue weighted by atomic mass is 35.5. The van der Waals surface area contributed by atoms with E-state index in [9.17, 15) is 0 Å². The van der Waals surface area contributed by atoms with Gasteiger partial charge < -0.3 is 9.25 Å². The summed E-state index contributed by atoms with van der Waals surface area (Å²) < 4.78 is 5.58. The summed E-state index contributed by atoms with van der Waals surface area (Å²) in [6, 6.07) is 16.9. The fraction of sp³-hybridized carbons (Fsp3) is 0.118. The lowest BCUT2D eigenvalue weighted by Crippen LogP contribution is -1.95. The van der Waals surface area contributed by atoms with Crippen LogP contribution in [-0.2, 0) is 11.3 Å². The largest absolute Gasteiger partial charge is 0.421 e. The van der Waals surface area contributed by atoms with Crippen LogP contribution < -0.4 is 0 Å². The van der Waals surface area contributed by atoms with Gasteiger partial charge in [0.05, 0.1) is 12.6 Å². The summed E-state index contributed by atoms with van der Waals surface area (Å²) in [5.41, 5.74) is 1.81. The highest BCUT2D eigenvalue weighted by molar-refractivity contribution is 6.30. The number of nitrogens with zero attached hydrogens (tertiary/aromatic N) is 3. The number of rotatable bonds is 6. The van der Waals surface area contributed by atoms with Crippen LogP contribution in [0.15, 0.2) is 64.2 Å². The van der Waals surface area contributed by atoms with E-state index >= 15 is 0 Å². The Morgan fingerprint density at radius 3 is 2.61 bits per heavy atom. The minimum absolute atomic E-state index is 0.362. The third-order valence-electron chi connectivity index (χ3n) is 3.04. The second-order valence-corrected chi connectivity index (χ2v) is 5.17. The Balaban J connectivity index is 1.48. The number of benzene rings is 2. The van der Waals surface area contributed by atoms with E-state index in [-0.39, 0.29) is 0 Å². The van der Waals surface area contributed by atoms with Gasteiger partial charge in [-0.1, -0.05) is 47.1 Å². The van der Waals surface area contributed by atoms with Crippen molar-refractivity contribution >= 4 is 17.8 Å². The molecule has 0 aliphatic rings. The molecular weight excluding hydrogens is 314 g/mol. The summed E-state index contributed by atoms with van der Waals surface area (Å²) in [7, 11) is 0. The first-order valence-electron chi connectivity index (χ1n) is 7.10.